The van der Waals surface area contributed by atoms with Gasteiger partial charge in [0.2, 0.25) is 0 Å². The molecule has 0 atom stereocenters. The summed E-state index contributed by atoms with van der Waals surface area (Å²) >= 11 is 8.04. The van der Waals surface area contributed by atoms with Crippen LogP contribution >= 0.6 is 34.2 Å². The monoisotopic (exact) mass is 379 g/mol. The summed E-state index contributed by atoms with van der Waals surface area (Å²) in [6.07, 6.45) is 2.99. The first-order valence-corrected chi connectivity index (χ1v) is 7.46. The molecule has 1 aliphatic rings. The molecular weight excluding hydrogens is 365 g/mol. The predicted octanol–water partition coefficient (Wildman–Crippen LogP) is 2.98. The van der Waals surface area contributed by atoms with Gasteiger partial charge in [-0.05, 0) is 66.5 Å². The molecule has 0 spiro atoms. The maximum absolute atomic E-state index is 12.1. The van der Waals surface area contributed by atoms with Crippen LogP contribution in [-0.4, -0.2) is 23.2 Å². The molecule has 1 amide bonds. The van der Waals surface area contributed by atoms with Gasteiger partial charge in [-0.2, -0.15) is 0 Å². The number of aliphatic hydroxyl groups is 1. The second-order valence-electron chi connectivity index (χ2n) is 4.60. The molecular formula is C13H15ClINO2. The molecule has 0 bridgehead atoms. The van der Waals surface area contributed by atoms with Gasteiger partial charge in [0, 0.05) is 14.6 Å². The highest BCUT2D eigenvalue weighted by molar-refractivity contribution is 14.1. The number of hydrogen-bond acceptors (Lipinski definition) is 2. The SMILES string of the molecule is O=C(NC1CCC(O)CC1)c1cc(Cl)ccc1I. The summed E-state index contributed by atoms with van der Waals surface area (Å²) in [6.45, 7) is 0. The van der Waals surface area contributed by atoms with Crippen molar-refractivity contribution in [3.8, 4) is 0 Å². The van der Waals surface area contributed by atoms with E-state index < -0.39 is 0 Å². The fraction of sp³-hybridized carbons (Fsp3) is 0.462. The summed E-state index contributed by atoms with van der Waals surface area (Å²) in [7, 11) is 0. The van der Waals surface area contributed by atoms with Crippen LogP contribution in [0, 0.1) is 3.57 Å². The Morgan fingerprint density at radius 2 is 2.00 bits per heavy atom. The lowest BCUT2D eigenvalue weighted by atomic mass is 9.93. The van der Waals surface area contributed by atoms with Gasteiger partial charge in [-0.3, -0.25) is 4.79 Å². The van der Waals surface area contributed by atoms with Crippen LogP contribution < -0.4 is 5.32 Å². The normalized spacial score (nSPS) is 23.7. The van der Waals surface area contributed by atoms with Crippen molar-refractivity contribution in [3.63, 3.8) is 0 Å². The smallest absolute Gasteiger partial charge is 0.252 e. The lowest BCUT2D eigenvalue weighted by Gasteiger charge is -2.26. The molecule has 1 aromatic carbocycles. The minimum Gasteiger partial charge on any atom is -0.393 e. The molecule has 0 aliphatic heterocycles. The Balaban J connectivity index is 2.01. The van der Waals surface area contributed by atoms with E-state index in [0.29, 0.717) is 10.6 Å². The molecule has 0 heterocycles. The first-order chi connectivity index (χ1) is 8.56. The fourth-order valence-corrected chi connectivity index (χ4v) is 2.91. The number of nitrogens with one attached hydrogen (secondary N) is 1. The lowest BCUT2D eigenvalue weighted by Crippen LogP contribution is -2.38. The average molecular weight is 380 g/mol. The zero-order valence-electron chi connectivity index (χ0n) is 9.83. The minimum absolute atomic E-state index is 0.0803. The summed E-state index contributed by atoms with van der Waals surface area (Å²) in [5.74, 6) is -0.0803. The summed E-state index contributed by atoms with van der Waals surface area (Å²) in [4.78, 5) is 12.1. The summed E-state index contributed by atoms with van der Waals surface area (Å²) in [5, 5.41) is 13.0. The van der Waals surface area contributed by atoms with Crippen LogP contribution in [0.3, 0.4) is 0 Å². The average Bonchev–Trinajstić information content (AvgIpc) is 2.35. The van der Waals surface area contributed by atoms with Gasteiger partial charge in [0.05, 0.1) is 11.7 Å². The molecule has 5 heteroatoms. The number of benzene rings is 1. The van der Waals surface area contributed by atoms with Gasteiger partial charge in [0.1, 0.15) is 0 Å². The van der Waals surface area contributed by atoms with Gasteiger partial charge in [0.15, 0.2) is 0 Å². The van der Waals surface area contributed by atoms with Crippen LogP contribution in [-0.2, 0) is 0 Å². The third-order valence-corrected chi connectivity index (χ3v) is 4.38. The van der Waals surface area contributed by atoms with E-state index in [9.17, 15) is 9.90 Å². The van der Waals surface area contributed by atoms with E-state index in [1.54, 1.807) is 12.1 Å². The Bertz CT molecular complexity index is 445. The molecule has 2 rings (SSSR count). The molecule has 3 nitrogen and oxygen atoms in total. The Morgan fingerprint density at radius 3 is 2.67 bits per heavy atom. The van der Waals surface area contributed by atoms with Crippen LogP contribution in [0.1, 0.15) is 36.0 Å². The van der Waals surface area contributed by atoms with Crippen molar-refractivity contribution < 1.29 is 9.90 Å². The van der Waals surface area contributed by atoms with Crippen molar-refractivity contribution >= 4 is 40.1 Å². The van der Waals surface area contributed by atoms with E-state index in [4.69, 9.17) is 11.6 Å². The number of amides is 1. The number of hydrogen-bond donors (Lipinski definition) is 2. The maximum atomic E-state index is 12.1. The van der Waals surface area contributed by atoms with Gasteiger partial charge in [-0.25, -0.2) is 0 Å². The van der Waals surface area contributed by atoms with Gasteiger partial charge >= 0.3 is 0 Å². The Labute approximate surface area is 125 Å². The second kappa shape index (κ2) is 6.21. The van der Waals surface area contributed by atoms with Crippen LogP contribution in [0.2, 0.25) is 5.02 Å². The lowest BCUT2D eigenvalue weighted by molar-refractivity contribution is 0.0867. The first kappa shape index (κ1) is 14.1. The predicted molar refractivity (Wildman–Crippen MR) is 79.9 cm³/mol. The van der Waals surface area contributed by atoms with E-state index in [1.807, 2.05) is 6.07 Å². The molecule has 98 valence electrons. The van der Waals surface area contributed by atoms with Crippen molar-refractivity contribution in [3.05, 3.63) is 32.4 Å². The Hall–Kier alpha value is -0.330. The highest BCUT2D eigenvalue weighted by atomic mass is 127. The molecule has 1 saturated carbocycles. The van der Waals surface area contributed by atoms with Crippen LogP contribution in [0.25, 0.3) is 0 Å². The van der Waals surface area contributed by atoms with Gasteiger partial charge < -0.3 is 10.4 Å². The van der Waals surface area contributed by atoms with Gasteiger partial charge in [-0.1, -0.05) is 11.6 Å². The molecule has 1 aliphatic carbocycles. The summed E-state index contributed by atoms with van der Waals surface area (Å²) in [6, 6.07) is 5.46. The topological polar surface area (TPSA) is 49.3 Å². The van der Waals surface area contributed by atoms with Crippen molar-refractivity contribution in [1.82, 2.24) is 5.32 Å². The standard InChI is InChI=1S/C13H15ClINO2/c14-8-1-6-12(15)11(7-8)13(18)16-9-2-4-10(17)5-3-9/h1,6-7,9-10,17H,2-5H2,(H,16,18). The van der Waals surface area contributed by atoms with Crippen molar-refractivity contribution in [2.24, 2.45) is 0 Å². The quantitative estimate of drug-likeness (QED) is 0.776. The Kier molecular flexibility index (Phi) is 4.86. The van der Waals surface area contributed by atoms with Crippen molar-refractivity contribution in [1.29, 1.82) is 0 Å². The zero-order chi connectivity index (χ0) is 13.1. The van der Waals surface area contributed by atoms with E-state index >= 15 is 0 Å². The number of carbonyl (C=O) groups excluding carboxylic acids is 1. The van der Waals surface area contributed by atoms with Crippen LogP contribution in [0.4, 0.5) is 0 Å². The third-order valence-electron chi connectivity index (χ3n) is 3.20. The highest BCUT2D eigenvalue weighted by Crippen LogP contribution is 2.21. The molecule has 1 fully saturated rings. The summed E-state index contributed by atoms with van der Waals surface area (Å²) in [5.41, 5.74) is 0.620. The first-order valence-electron chi connectivity index (χ1n) is 6.00. The fourth-order valence-electron chi connectivity index (χ4n) is 2.15. The number of halogens is 2. The van der Waals surface area contributed by atoms with Crippen LogP contribution in [0.5, 0.6) is 0 Å². The molecule has 0 unspecified atom stereocenters. The molecule has 2 N–H and O–H groups in total. The van der Waals surface area contributed by atoms with E-state index in [0.717, 1.165) is 29.3 Å². The zero-order valence-corrected chi connectivity index (χ0v) is 12.7. The highest BCUT2D eigenvalue weighted by Gasteiger charge is 2.22. The van der Waals surface area contributed by atoms with E-state index in [1.165, 1.54) is 0 Å². The minimum atomic E-state index is -0.204. The molecule has 0 radical (unpaired) electrons. The maximum Gasteiger partial charge on any atom is 0.252 e. The van der Waals surface area contributed by atoms with Gasteiger partial charge in [-0.15, -0.1) is 0 Å². The largest absolute Gasteiger partial charge is 0.393 e. The van der Waals surface area contributed by atoms with Crippen LogP contribution in [0.15, 0.2) is 18.2 Å². The van der Waals surface area contributed by atoms with Gasteiger partial charge in [0.25, 0.3) is 5.91 Å². The molecule has 0 aromatic heterocycles. The van der Waals surface area contributed by atoms with E-state index in [-0.39, 0.29) is 18.1 Å². The molecule has 1 aromatic rings. The number of carbonyl (C=O) groups is 1. The molecule has 18 heavy (non-hydrogen) atoms. The van der Waals surface area contributed by atoms with E-state index in [2.05, 4.69) is 27.9 Å². The van der Waals surface area contributed by atoms with Crippen molar-refractivity contribution in [2.45, 2.75) is 37.8 Å². The second-order valence-corrected chi connectivity index (χ2v) is 6.20. The number of rotatable bonds is 2. The summed E-state index contributed by atoms with van der Waals surface area (Å²) < 4.78 is 0.894. The molecule has 0 saturated heterocycles. The third kappa shape index (κ3) is 3.59. The van der Waals surface area contributed by atoms with Crippen molar-refractivity contribution in [2.75, 3.05) is 0 Å². The Morgan fingerprint density at radius 1 is 1.33 bits per heavy atom. The number of aliphatic hydroxyl groups excluding tert-OH is 1.